The lowest BCUT2D eigenvalue weighted by Gasteiger charge is -2.06. The normalized spacial score (nSPS) is 13.3. The van der Waals surface area contributed by atoms with Crippen LogP contribution >= 0.6 is 0 Å². The van der Waals surface area contributed by atoms with Crippen LogP contribution in [0.1, 0.15) is 24.6 Å². The summed E-state index contributed by atoms with van der Waals surface area (Å²) >= 11 is 0. The van der Waals surface area contributed by atoms with Crippen LogP contribution in [-0.2, 0) is 9.84 Å². The summed E-state index contributed by atoms with van der Waals surface area (Å²) < 4.78 is 22.0. The molecular formula is C13H17N3O3S. The number of nitrogens with zero attached hydrogens (tertiary/aromatic N) is 3. The maximum atomic E-state index is 11.0. The van der Waals surface area contributed by atoms with Gasteiger partial charge >= 0.3 is 0 Å². The summed E-state index contributed by atoms with van der Waals surface area (Å²) in [6, 6.07) is 9.37. The molecule has 1 unspecified atom stereocenters. The largest absolute Gasteiger partial charge is 0.387 e. The van der Waals surface area contributed by atoms with Gasteiger partial charge in [0, 0.05) is 12.0 Å². The van der Waals surface area contributed by atoms with E-state index in [0.717, 1.165) is 5.69 Å². The number of sulfone groups is 1. The highest BCUT2D eigenvalue weighted by Gasteiger charge is 2.13. The first-order chi connectivity index (χ1) is 9.46. The summed E-state index contributed by atoms with van der Waals surface area (Å²) in [7, 11) is -2.99. The fraction of sp³-hybridized carbons (Fsp3) is 0.385. The molecule has 0 spiro atoms. The molecule has 0 amide bonds. The van der Waals surface area contributed by atoms with Crippen molar-refractivity contribution in [1.82, 2.24) is 15.0 Å². The maximum Gasteiger partial charge on any atom is 0.147 e. The van der Waals surface area contributed by atoms with Crippen molar-refractivity contribution in [2.45, 2.75) is 18.9 Å². The zero-order chi connectivity index (χ0) is 14.6. The SMILES string of the molecule is CS(=O)(=O)CCCC(O)c1cnn(-c2ccccc2)n1. The monoisotopic (exact) mass is 295 g/mol. The molecule has 2 aromatic rings. The Hall–Kier alpha value is -1.73. The topological polar surface area (TPSA) is 85.1 Å². The average molecular weight is 295 g/mol. The van der Waals surface area contributed by atoms with Gasteiger partial charge < -0.3 is 5.11 Å². The molecule has 1 heterocycles. The molecule has 2 rings (SSSR count). The van der Waals surface area contributed by atoms with E-state index in [-0.39, 0.29) is 5.75 Å². The predicted molar refractivity (Wildman–Crippen MR) is 75.3 cm³/mol. The zero-order valence-electron chi connectivity index (χ0n) is 11.2. The van der Waals surface area contributed by atoms with Crippen LogP contribution in [0.25, 0.3) is 5.69 Å². The molecule has 0 bridgehead atoms. The summed E-state index contributed by atoms with van der Waals surface area (Å²) in [6.45, 7) is 0. The van der Waals surface area contributed by atoms with Gasteiger partial charge in [-0.2, -0.15) is 15.0 Å². The van der Waals surface area contributed by atoms with Crippen molar-refractivity contribution in [3.63, 3.8) is 0 Å². The highest BCUT2D eigenvalue weighted by atomic mass is 32.2. The Morgan fingerprint density at radius 1 is 1.30 bits per heavy atom. The Balaban J connectivity index is 1.98. The van der Waals surface area contributed by atoms with Gasteiger partial charge in [-0.1, -0.05) is 18.2 Å². The van der Waals surface area contributed by atoms with Crippen molar-refractivity contribution >= 4 is 9.84 Å². The van der Waals surface area contributed by atoms with Gasteiger partial charge in [-0.05, 0) is 25.0 Å². The molecule has 108 valence electrons. The number of aliphatic hydroxyl groups excluding tert-OH is 1. The summed E-state index contributed by atoms with van der Waals surface area (Å²) in [5, 5.41) is 18.3. The predicted octanol–water partition coefficient (Wildman–Crippen LogP) is 1.13. The Bertz CT molecular complexity index is 653. The number of aliphatic hydroxyl groups is 1. The van der Waals surface area contributed by atoms with Crippen molar-refractivity contribution in [2.24, 2.45) is 0 Å². The fourth-order valence-corrected chi connectivity index (χ4v) is 2.49. The first kappa shape index (κ1) is 14.7. The molecule has 0 aliphatic rings. The Morgan fingerprint density at radius 2 is 2.00 bits per heavy atom. The summed E-state index contributed by atoms with van der Waals surface area (Å²) in [4.78, 5) is 1.44. The van der Waals surface area contributed by atoms with Crippen molar-refractivity contribution < 1.29 is 13.5 Å². The molecule has 7 heteroatoms. The molecular weight excluding hydrogens is 278 g/mol. The number of aromatic nitrogens is 3. The molecule has 1 atom stereocenters. The molecule has 0 saturated carbocycles. The van der Waals surface area contributed by atoms with Crippen LogP contribution in [-0.4, -0.2) is 40.5 Å². The zero-order valence-corrected chi connectivity index (χ0v) is 12.0. The summed E-state index contributed by atoms with van der Waals surface area (Å²) in [5.74, 6) is 0.0664. The Labute approximate surface area is 118 Å². The van der Waals surface area contributed by atoms with Crippen LogP contribution < -0.4 is 0 Å². The van der Waals surface area contributed by atoms with Crippen LogP contribution in [0.15, 0.2) is 36.5 Å². The van der Waals surface area contributed by atoms with E-state index in [0.29, 0.717) is 18.5 Å². The first-order valence-corrected chi connectivity index (χ1v) is 8.35. The quantitative estimate of drug-likeness (QED) is 0.863. The summed E-state index contributed by atoms with van der Waals surface area (Å²) in [5.41, 5.74) is 1.25. The van der Waals surface area contributed by atoms with E-state index >= 15 is 0 Å². The first-order valence-electron chi connectivity index (χ1n) is 6.29. The van der Waals surface area contributed by atoms with Crippen LogP contribution in [0.4, 0.5) is 0 Å². The van der Waals surface area contributed by atoms with Crippen LogP contribution in [0.2, 0.25) is 0 Å². The van der Waals surface area contributed by atoms with Gasteiger partial charge in [0.2, 0.25) is 0 Å². The van der Waals surface area contributed by atoms with Gasteiger partial charge in [-0.15, -0.1) is 0 Å². The highest BCUT2D eigenvalue weighted by Crippen LogP contribution is 2.16. The molecule has 1 N–H and O–H groups in total. The number of hydrogen-bond donors (Lipinski definition) is 1. The molecule has 1 aromatic heterocycles. The van der Waals surface area contributed by atoms with Gasteiger partial charge in [-0.25, -0.2) is 8.42 Å². The van der Waals surface area contributed by atoms with Crippen molar-refractivity contribution in [2.75, 3.05) is 12.0 Å². The minimum absolute atomic E-state index is 0.0664. The van der Waals surface area contributed by atoms with Crippen molar-refractivity contribution in [3.05, 3.63) is 42.2 Å². The van der Waals surface area contributed by atoms with E-state index in [1.165, 1.54) is 17.2 Å². The van der Waals surface area contributed by atoms with E-state index in [1.807, 2.05) is 30.3 Å². The van der Waals surface area contributed by atoms with E-state index < -0.39 is 15.9 Å². The summed E-state index contributed by atoms with van der Waals surface area (Å²) in [6.07, 6.45) is 2.64. The van der Waals surface area contributed by atoms with Crippen molar-refractivity contribution in [3.8, 4) is 5.69 Å². The molecule has 1 aromatic carbocycles. The lowest BCUT2D eigenvalue weighted by molar-refractivity contribution is 0.161. The smallest absolute Gasteiger partial charge is 0.147 e. The third-order valence-corrected chi connectivity index (χ3v) is 3.86. The lowest BCUT2D eigenvalue weighted by Crippen LogP contribution is -2.06. The molecule has 0 aliphatic heterocycles. The molecule has 6 nitrogen and oxygen atoms in total. The third-order valence-electron chi connectivity index (χ3n) is 2.83. The average Bonchev–Trinajstić information content (AvgIpc) is 2.88. The van der Waals surface area contributed by atoms with E-state index in [9.17, 15) is 13.5 Å². The highest BCUT2D eigenvalue weighted by molar-refractivity contribution is 7.90. The Morgan fingerprint density at radius 3 is 2.65 bits per heavy atom. The van der Waals surface area contributed by atoms with Crippen LogP contribution in [0.3, 0.4) is 0 Å². The minimum Gasteiger partial charge on any atom is -0.387 e. The van der Waals surface area contributed by atoms with Gasteiger partial charge in [0.1, 0.15) is 15.5 Å². The van der Waals surface area contributed by atoms with Gasteiger partial charge in [0.25, 0.3) is 0 Å². The molecule has 0 saturated heterocycles. The van der Waals surface area contributed by atoms with E-state index in [2.05, 4.69) is 10.2 Å². The Kier molecular flexibility index (Phi) is 4.51. The lowest BCUT2D eigenvalue weighted by atomic mass is 10.2. The fourth-order valence-electron chi connectivity index (χ4n) is 1.80. The second-order valence-electron chi connectivity index (χ2n) is 4.68. The number of benzene rings is 1. The number of para-hydroxylation sites is 1. The standard InChI is InChI=1S/C13H17N3O3S/c1-20(18,19)9-5-8-13(17)12-10-14-16(15-12)11-6-3-2-4-7-11/h2-4,6-7,10,13,17H,5,8-9H2,1H3. The van der Waals surface area contributed by atoms with Crippen molar-refractivity contribution in [1.29, 1.82) is 0 Å². The second-order valence-corrected chi connectivity index (χ2v) is 6.94. The van der Waals surface area contributed by atoms with Gasteiger partial charge in [-0.3, -0.25) is 0 Å². The van der Waals surface area contributed by atoms with Crippen LogP contribution in [0.5, 0.6) is 0 Å². The minimum atomic E-state index is -2.99. The number of hydrogen-bond acceptors (Lipinski definition) is 5. The second kappa shape index (κ2) is 6.15. The van der Waals surface area contributed by atoms with Gasteiger partial charge in [0.15, 0.2) is 0 Å². The van der Waals surface area contributed by atoms with E-state index in [1.54, 1.807) is 0 Å². The third kappa shape index (κ3) is 4.14. The number of rotatable bonds is 6. The van der Waals surface area contributed by atoms with Crippen LogP contribution in [0, 0.1) is 0 Å². The molecule has 0 fully saturated rings. The van der Waals surface area contributed by atoms with E-state index in [4.69, 9.17) is 0 Å². The molecule has 0 aliphatic carbocycles. The molecule has 20 heavy (non-hydrogen) atoms. The maximum absolute atomic E-state index is 11.0. The van der Waals surface area contributed by atoms with Gasteiger partial charge in [0.05, 0.1) is 18.0 Å². The molecule has 0 radical (unpaired) electrons.